The molecule has 0 radical (unpaired) electrons. The second-order valence-electron chi connectivity index (χ2n) is 3.46. The Morgan fingerprint density at radius 3 is 2.36 bits per heavy atom. The lowest BCUT2D eigenvalue weighted by Gasteiger charge is -2.07. The summed E-state index contributed by atoms with van der Waals surface area (Å²) in [7, 11) is 0. The third kappa shape index (κ3) is 1.12. The average molecular weight is 211 g/mol. The molecule has 0 nitrogen and oxygen atoms in total. The van der Waals surface area contributed by atoms with Crippen LogP contribution >= 0.6 is 15.9 Å². The van der Waals surface area contributed by atoms with Crippen molar-refractivity contribution in [3.05, 3.63) is 35.9 Å². The van der Waals surface area contributed by atoms with Gasteiger partial charge in [-0.3, -0.25) is 0 Å². The molecule has 2 unspecified atom stereocenters. The van der Waals surface area contributed by atoms with Gasteiger partial charge in [0, 0.05) is 10.2 Å². The summed E-state index contributed by atoms with van der Waals surface area (Å²) in [5, 5.41) is 0. The van der Waals surface area contributed by atoms with Crippen molar-refractivity contribution in [2.45, 2.75) is 23.6 Å². The second-order valence-corrected chi connectivity index (χ2v) is 4.56. The Kier molecular flexibility index (Phi) is 1.57. The highest BCUT2D eigenvalue weighted by Crippen LogP contribution is 2.52. The number of hydrogen-bond acceptors (Lipinski definition) is 0. The summed E-state index contributed by atoms with van der Waals surface area (Å²) in [6.07, 6.45) is 1.27. The summed E-state index contributed by atoms with van der Waals surface area (Å²) in [6, 6.07) is 10.7. The molecule has 1 aromatic carbocycles. The first kappa shape index (κ1) is 7.35. The molecule has 0 heterocycles. The molecular weight excluding hydrogens is 200 g/mol. The van der Waals surface area contributed by atoms with Gasteiger partial charge in [0.15, 0.2) is 0 Å². The van der Waals surface area contributed by atoms with E-state index < -0.39 is 0 Å². The standard InChI is InChI=1S/C10H11Br/c1-10(7-9(10)11)8-5-3-2-4-6-8/h2-6,9H,7H2,1H3. The van der Waals surface area contributed by atoms with Gasteiger partial charge in [0.2, 0.25) is 0 Å². The van der Waals surface area contributed by atoms with Crippen LogP contribution in [0.5, 0.6) is 0 Å². The number of alkyl halides is 1. The maximum atomic E-state index is 3.64. The van der Waals surface area contributed by atoms with Gasteiger partial charge in [-0.25, -0.2) is 0 Å². The van der Waals surface area contributed by atoms with Crippen molar-refractivity contribution < 1.29 is 0 Å². The Bertz CT molecular complexity index is 255. The zero-order valence-corrected chi connectivity index (χ0v) is 8.14. The molecule has 2 atom stereocenters. The van der Waals surface area contributed by atoms with Crippen LogP contribution in [0.25, 0.3) is 0 Å². The molecule has 1 saturated carbocycles. The quantitative estimate of drug-likeness (QED) is 0.626. The molecule has 1 aromatic rings. The van der Waals surface area contributed by atoms with Gasteiger partial charge < -0.3 is 0 Å². The molecule has 1 heteroatoms. The van der Waals surface area contributed by atoms with E-state index in [1.165, 1.54) is 12.0 Å². The van der Waals surface area contributed by atoms with Crippen LogP contribution in [0.15, 0.2) is 30.3 Å². The predicted octanol–water partition coefficient (Wildman–Crippen LogP) is 3.11. The first-order valence-corrected chi connectivity index (χ1v) is 4.85. The smallest absolute Gasteiger partial charge is 0.0249 e. The van der Waals surface area contributed by atoms with Crippen molar-refractivity contribution in [1.29, 1.82) is 0 Å². The first-order valence-electron chi connectivity index (χ1n) is 3.93. The van der Waals surface area contributed by atoms with Crippen LogP contribution < -0.4 is 0 Å². The normalized spacial score (nSPS) is 35.3. The van der Waals surface area contributed by atoms with Gasteiger partial charge in [0.1, 0.15) is 0 Å². The maximum absolute atomic E-state index is 3.64. The lowest BCUT2D eigenvalue weighted by molar-refractivity contribution is 0.795. The van der Waals surface area contributed by atoms with Gasteiger partial charge in [0.25, 0.3) is 0 Å². The number of benzene rings is 1. The molecule has 1 fully saturated rings. The van der Waals surface area contributed by atoms with Crippen molar-refractivity contribution in [2.24, 2.45) is 0 Å². The Morgan fingerprint density at radius 1 is 1.36 bits per heavy atom. The monoisotopic (exact) mass is 210 g/mol. The molecule has 0 saturated heterocycles. The minimum absolute atomic E-state index is 0.418. The van der Waals surface area contributed by atoms with E-state index in [-0.39, 0.29) is 0 Å². The van der Waals surface area contributed by atoms with E-state index in [0.717, 1.165) is 0 Å². The summed E-state index contributed by atoms with van der Waals surface area (Å²) in [6.45, 7) is 2.31. The average Bonchev–Trinajstić information content (AvgIpc) is 2.64. The lowest BCUT2D eigenvalue weighted by atomic mass is 9.99. The molecule has 0 spiro atoms. The van der Waals surface area contributed by atoms with Crippen LogP contribution in [-0.4, -0.2) is 4.83 Å². The molecule has 1 aliphatic rings. The van der Waals surface area contributed by atoms with Crippen LogP contribution in [0.4, 0.5) is 0 Å². The molecule has 0 aliphatic heterocycles. The van der Waals surface area contributed by atoms with Crippen LogP contribution in [0.3, 0.4) is 0 Å². The van der Waals surface area contributed by atoms with Crippen LogP contribution in [0, 0.1) is 0 Å². The van der Waals surface area contributed by atoms with Crippen molar-refractivity contribution >= 4 is 15.9 Å². The molecule has 0 aromatic heterocycles. The van der Waals surface area contributed by atoms with E-state index in [9.17, 15) is 0 Å². The molecule has 0 bridgehead atoms. The van der Waals surface area contributed by atoms with Gasteiger partial charge >= 0.3 is 0 Å². The van der Waals surface area contributed by atoms with Crippen molar-refractivity contribution in [2.75, 3.05) is 0 Å². The molecule has 0 amide bonds. The highest BCUT2D eigenvalue weighted by Gasteiger charge is 2.49. The van der Waals surface area contributed by atoms with Crippen LogP contribution in [0.1, 0.15) is 18.9 Å². The predicted molar refractivity (Wildman–Crippen MR) is 51.1 cm³/mol. The highest BCUT2D eigenvalue weighted by molar-refractivity contribution is 9.09. The minimum atomic E-state index is 0.418. The number of halogens is 1. The zero-order chi connectivity index (χ0) is 7.90. The van der Waals surface area contributed by atoms with Gasteiger partial charge in [-0.15, -0.1) is 0 Å². The Hall–Kier alpha value is -0.300. The maximum Gasteiger partial charge on any atom is 0.0249 e. The molecule has 1 aliphatic carbocycles. The van der Waals surface area contributed by atoms with E-state index in [1.54, 1.807) is 0 Å². The topological polar surface area (TPSA) is 0 Å². The number of hydrogen-bond donors (Lipinski definition) is 0. The van der Waals surface area contributed by atoms with Gasteiger partial charge in [-0.2, -0.15) is 0 Å². The third-order valence-corrected chi connectivity index (χ3v) is 3.90. The minimum Gasteiger partial charge on any atom is -0.0881 e. The Labute approximate surface area is 75.8 Å². The molecule has 0 N–H and O–H groups in total. The highest BCUT2D eigenvalue weighted by atomic mass is 79.9. The largest absolute Gasteiger partial charge is 0.0881 e. The Balaban J connectivity index is 2.32. The van der Waals surface area contributed by atoms with Gasteiger partial charge in [-0.1, -0.05) is 53.2 Å². The van der Waals surface area contributed by atoms with Gasteiger partial charge in [0.05, 0.1) is 0 Å². The summed E-state index contributed by atoms with van der Waals surface area (Å²) in [5.41, 5.74) is 1.88. The molecular formula is C10H11Br. The van der Waals surface area contributed by atoms with Gasteiger partial charge in [-0.05, 0) is 12.0 Å². The molecule has 2 rings (SSSR count). The Morgan fingerprint density at radius 2 is 1.91 bits per heavy atom. The summed E-state index contributed by atoms with van der Waals surface area (Å²) >= 11 is 3.64. The van der Waals surface area contributed by atoms with E-state index in [2.05, 4.69) is 53.2 Å². The van der Waals surface area contributed by atoms with Crippen LogP contribution in [-0.2, 0) is 5.41 Å². The fourth-order valence-corrected chi connectivity index (χ4v) is 2.37. The first-order chi connectivity index (χ1) is 5.23. The summed E-state index contributed by atoms with van der Waals surface area (Å²) in [5.74, 6) is 0. The third-order valence-electron chi connectivity index (χ3n) is 2.57. The van der Waals surface area contributed by atoms with E-state index in [0.29, 0.717) is 10.2 Å². The lowest BCUT2D eigenvalue weighted by Crippen LogP contribution is -2.02. The SMILES string of the molecule is CC1(c2ccccc2)CC1Br. The zero-order valence-electron chi connectivity index (χ0n) is 6.55. The van der Waals surface area contributed by atoms with Crippen molar-refractivity contribution in [3.8, 4) is 0 Å². The van der Waals surface area contributed by atoms with Crippen molar-refractivity contribution in [3.63, 3.8) is 0 Å². The second kappa shape index (κ2) is 2.34. The molecule has 11 heavy (non-hydrogen) atoms. The number of rotatable bonds is 1. The van der Waals surface area contributed by atoms with E-state index in [1.807, 2.05) is 0 Å². The summed E-state index contributed by atoms with van der Waals surface area (Å²) < 4.78 is 0. The van der Waals surface area contributed by atoms with E-state index in [4.69, 9.17) is 0 Å². The summed E-state index contributed by atoms with van der Waals surface area (Å²) in [4.78, 5) is 0.692. The van der Waals surface area contributed by atoms with E-state index >= 15 is 0 Å². The van der Waals surface area contributed by atoms with Crippen LogP contribution in [0.2, 0.25) is 0 Å². The van der Waals surface area contributed by atoms with Crippen molar-refractivity contribution in [1.82, 2.24) is 0 Å². The molecule has 58 valence electrons. The fourth-order valence-electron chi connectivity index (χ4n) is 1.43. The fraction of sp³-hybridized carbons (Fsp3) is 0.400.